The van der Waals surface area contributed by atoms with Crippen LogP contribution in [0.2, 0.25) is 0 Å². The summed E-state index contributed by atoms with van der Waals surface area (Å²) in [4.78, 5) is 15.8. The van der Waals surface area contributed by atoms with E-state index in [1.54, 1.807) is 31.6 Å². The summed E-state index contributed by atoms with van der Waals surface area (Å²) >= 11 is 0. The summed E-state index contributed by atoms with van der Waals surface area (Å²) in [5.74, 6) is 0.690. The molecule has 3 rings (SSSR count). The van der Waals surface area contributed by atoms with Gasteiger partial charge in [-0.1, -0.05) is 12.1 Å². The number of nitrogens with one attached hydrogen (secondary N) is 2. The van der Waals surface area contributed by atoms with Crippen LogP contribution in [-0.2, 0) is 0 Å². The molecule has 0 saturated heterocycles. The fourth-order valence-corrected chi connectivity index (χ4v) is 1.95. The zero-order chi connectivity index (χ0) is 15.4. The molecule has 0 unspecified atom stereocenters. The molecule has 2 aromatic heterocycles. The highest BCUT2D eigenvalue weighted by Gasteiger charge is 2.12. The van der Waals surface area contributed by atoms with Gasteiger partial charge in [-0.2, -0.15) is 0 Å². The highest BCUT2D eigenvalue weighted by molar-refractivity contribution is 5.72. The SMILES string of the molecule is COc1cccc(-c2[nH][nH]c(=O)c2N=Nc2cccnc2)c1. The number of hydrogen-bond donors (Lipinski definition) is 2. The molecule has 0 amide bonds. The van der Waals surface area contributed by atoms with Gasteiger partial charge in [-0.15, -0.1) is 10.2 Å². The molecule has 0 atom stereocenters. The number of ether oxygens (including phenoxy) is 1. The molecule has 110 valence electrons. The van der Waals surface area contributed by atoms with Crippen LogP contribution in [0.15, 0.2) is 63.8 Å². The summed E-state index contributed by atoms with van der Waals surface area (Å²) in [5.41, 5.74) is 1.76. The number of pyridine rings is 1. The molecular formula is C15H13N5O2. The second-order valence-electron chi connectivity index (χ2n) is 4.45. The smallest absolute Gasteiger partial charge is 0.292 e. The normalized spacial score (nSPS) is 11.0. The largest absolute Gasteiger partial charge is 0.497 e. The van der Waals surface area contributed by atoms with Crippen molar-refractivity contribution in [3.05, 3.63) is 59.1 Å². The summed E-state index contributed by atoms with van der Waals surface area (Å²) in [6.45, 7) is 0. The lowest BCUT2D eigenvalue weighted by Gasteiger charge is -2.02. The van der Waals surface area contributed by atoms with Crippen molar-refractivity contribution < 1.29 is 4.74 Å². The molecule has 0 aliphatic carbocycles. The molecule has 0 saturated carbocycles. The minimum atomic E-state index is -0.342. The Kier molecular flexibility index (Phi) is 3.78. The van der Waals surface area contributed by atoms with Crippen molar-refractivity contribution in [2.45, 2.75) is 0 Å². The van der Waals surface area contributed by atoms with Crippen molar-refractivity contribution in [1.29, 1.82) is 0 Å². The van der Waals surface area contributed by atoms with E-state index in [0.717, 1.165) is 5.56 Å². The molecule has 22 heavy (non-hydrogen) atoms. The lowest BCUT2D eigenvalue weighted by Crippen LogP contribution is -1.96. The number of azo groups is 1. The third kappa shape index (κ3) is 2.78. The van der Waals surface area contributed by atoms with Gasteiger partial charge in [0.25, 0.3) is 5.56 Å². The average molecular weight is 295 g/mol. The quantitative estimate of drug-likeness (QED) is 0.723. The maximum atomic E-state index is 11.9. The van der Waals surface area contributed by atoms with E-state index in [2.05, 4.69) is 25.4 Å². The first-order chi connectivity index (χ1) is 10.8. The van der Waals surface area contributed by atoms with Gasteiger partial charge in [0, 0.05) is 11.8 Å². The zero-order valence-electron chi connectivity index (χ0n) is 11.8. The van der Waals surface area contributed by atoms with Gasteiger partial charge >= 0.3 is 0 Å². The third-order valence-corrected chi connectivity index (χ3v) is 3.02. The average Bonchev–Trinajstić information content (AvgIpc) is 2.95. The van der Waals surface area contributed by atoms with Crippen LogP contribution in [0.4, 0.5) is 11.4 Å². The molecule has 0 bridgehead atoms. The van der Waals surface area contributed by atoms with Crippen LogP contribution in [0.3, 0.4) is 0 Å². The van der Waals surface area contributed by atoms with Crippen LogP contribution in [0.1, 0.15) is 0 Å². The Labute approximate surface area is 125 Å². The Balaban J connectivity index is 2.01. The predicted molar refractivity (Wildman–Crippen MR) is 81.8 cm³/mol. The lowest BCUT2D eigenvalue weighted by molar-refractivity contribution is 0.415. The Morgan fingerprint density at radius 1 is 1.14 bits per heavy atom. The van der Waals surface area contributed by atoms with Crippen LogP contribution in [0.5, 0.6) is 5.75 Å². The number of benzene rings is 1. The van der Waals surface area contributed by atoms with Crippen molar-refractivity contribution in [2.24, 2.45) is 10.2 Å². The molecular weight excluding hydrogens is 282 g/mol. The summed E-state index contributed by atoms with van der Waals surface area (Å²) in [6.07, 6.45) is 3.21. The van der Waals surface area contributed by atoms with Crippen LogP contribution < -0.4 is 10.3 Å². The molecule has 2 heterocycles. The Morgan fingerprint density at radius 2 is 2.05 bits per heavy atom. The van der Waals surface area contributed by atoms with Gasteiger partial charge in [-0.3, -0.25) is 20.0 Å². The summed E-state index contributed by atoms with van der Waals surface area (Å²) in [6, 6.07) is 10.8. The molecule has 1 aromatic carbocycles. The molecule has 7 nitrogen and oxygen atoms in total. The van der Waals surface area contributed by atoms with Crippen molar-refractivity contribution in [3.8, 4) is 17.0 Å². The van der Waals surface area contributed by atoms with Crippen LogP contribution in [0, 0.1) is 0 Å². The number of aromatic nitrogens is 3. The lowest BCUT2D eigenvalue weighted by atomic mass is 10.1. The maximum Gasteiger partial charge on any atom is 0.292 e. The number of hydrogen-bond acceptors (Lipinski definition) is 5. The molecule has 7 heteroatoms. The van der Waals surface area contributed by atoms with E-state index in [4.69, 9.17) is 4.74 Å². The fraction of sp³-hybridized carbons (Fsp3) is 0.0667. The maximum absolute atomic E-state index is 11.9. The van der Waals surface area contributed by atoms with Crippen molar-refractivity contribution in [3.63, 3.8) is 0 Å². The van der Waals surface area contributed by atoms with Crippen molar-refractivity contribution in [1.82, 2.24) is 15.2 Å². The van der Waals surface area contributed by atoms with Gasteiger partial charge < -0.3 is 4.74 Å². The molecule has 3 aromatic rings. The zero-order valence-corrected chi connectivity index (χ0v) is 11.8. The fourth-order valence-electron chi connectivity index (χ4n) is 1.95. The summed E-state index contributed by atoms with van der Waals surface area (Å²) < 4.78 is 5.19. The van der Waals surface area contributed by atoms with E-state index in [1.165, 1.54) is 0 Å². The number of rotatable bonds is 4. The van der Waals surface area contributed by atoms with E-state index in [9.17, 15) is 4.79 Å². The second kappa shape index (κ2) is 6.04. The summed E-state index contributed by atoms with van der Waals surface area (Å²) in [7, 11) is 1.59. The van der Waals surface area contributed by atoms with Gasteiger partial charge in [0.1, 0.15) is 11.4 Å². The molecule has 0 aliphatic rings. The number of methoxy groups -OCH3 is 1. The topological polar surface area (TPSA) is 95.5 Å². The number of H-pyrrole nitrogens is 2. The monoisotopic (exact) mass is 295 g/mol. The number of aromatic amines is 2. The van der Waals surface area contributed by atoms with E-state index >= 15 is 0 Å². The predicted octanol–water partition coefficient (Wildman–Crippen LogP) is 3.19. The van der Waals surface area contributed by atoms with Gasteiger partial charge in [0.15, 0.2) is 5.69 Å². The van der Waals surface area contributed by atoms with E-state index in [1.807, 2.05) is 24.3 Å². The molecule has 0 fully saturated rings. The third-order valence-electron chi connectivity index (χ3n) is 3.02. The molecule has 0 radical (unpaired) electrons. The first kappa shape index (κ1) is 13.7. The first-order valence-corrected chi connectivity index (χ1v) is 6.55. The van der Waals surface area contributed by atoms with Gasteiger partial charge in [0.2, 0.25) is 0 Å². The standard InChI is InChI=1S/C15H13N5O2/c1-22-12-6-2-4-10(8-12)13-14(15(21)20-18-13)19-17-11-5-3-7-16-9-11/h2-9H,1H3,(H2,18,20,21). The summed E-state index contributed by atoms with van der Waals surface area (Å²) in [5, 5.41) is 13.4. The first-order valence-electron chi connectivity index (χ1n) is 6.55. The van der Waals surface area contributed by atoms with Crippen molar-refractivity contribution >= 4 is 11.4 Å². The molecule has 0 aliphatic heterocycles. The van der Waals surface area contributed by atoms with E-state index in [0.29, 0.717) is 17.1 Å². The van der Waals surface area contributed by atoms with Crippen LogP contribution in [-0.4, -0.2) is 22.3 Å². The van der Waals surface area contributed by atoms with Crippen molar-refractivity contribution in [2.75, 3.05) is 7.11 Å². The van der Waals surface area contributed by atoms with Crippen LogP contribution >= 0.6 is 0 Å². The van der Waals surface area contributed by atoms with Gasteiger partial charge in [-0.05, 0) is 24.3 Å². The Morgan fingerprint density at radius 3 is 2.82 bits per heavy atom. The van der Waals surface area contributed by atoms with Crippen LogP contribution in [0.25, 0.3) is 11.3 Å². The minimum Gasteiger partial charge on any atom is -0.497 e. The van der Waals surface area contributed by atoms with E-state index < -0.39 is 0 Å². The van der Waals surface area contributed by atoms with Gasteiger partial charge in [-0.25, -0.2) is 0 Å². The molecule has 2 N–H and O–H groups in total. The Hall–Kier alpha value is -3.22. The highest BCUT2D eigenvalue weighted by Crippen LogP contribution is 2.28. The Bertz CT molecular complexity index is 852. The highest BCUT2D eigenvalue weighted by atomic mass is 16.5. The second-order valence-corrected chi connectivity index (χ2v) is 4.45. The minimum absolute atomic E-state index is 0.206. The number of nitrogens with zero attached hydrogens (tertiary/aromatic N) is 3. The van der Waals surface area contributed by atoms with E-state index in [-0.39, 0.29) is 11.2 Å². The molecule has 0 spiro atoms. The van der Waals surface area contributed by atoms with Gasteiger partial charge in [0.05, 0.1) is 19.0 Å².